The number of carbonyl (C=O) groups excluding carboxylic acids is 1. The fourth-order valence-corrected chi connectivity index (χ4v) is 4.24. The van der Waals surface area contributed by atoms with E-state index in [1.165, 1.54) is 35.2 Å². The summed E-state index contributed by atoms with van der Waals surface area (Å²) in [7, 11) is 0. The molecule has 0 fully saturated rings. The Bertz CT molecular complexity index is 633. The molecule has 0 atom stereocenters. The number of nitrogens with one attached hydrogen (secondary N) is 1. The van der Waals surface area contributed by atoms with Crippen LogP contribution in [0.15, 0.2) is 32.9 Å². The van der Waals surface area contributed by atoms with Gasteiger partial charge in [0.05, 0.1) is 5.75 Å². The molecule has 0 aliphatic heterocycles. The van der Waals surface area contributed by atoms with Crippen molar-refractivity contribution >= 4 is 46.5 Å². The lowest BCUT2D eigenvalue weighted by Gasteiger charge is -2.03. The second-order valence-corrected chi connectivity index (χ2v) is 8.35. The van der Waals surface area contributed by atoms with Gasteiger partial charge in [-0.3, -0.25) is 4.79 Å². The Hall–Kier alpha value is -1.12. The maximum absolute atomic E-state index is 13.0. The fourth-order valence-electron chi connectivity index (χ4n) is 1.44. The van der Waals surface area contributed by atoms with Crippen molar-refractivity contribution in [3.63, 3.8) is 0 Å². The zero-order chi connectivity index (χ0) is 15.9. The molecule has 0 radical (unpaired) electrons. The van der Waals surface area contributed by atoms with Crippen molar-refractivity contribution in [2.24, 2.45) is 5.92 Å². The van der Waals surface area contributed by atoms with Gasteiger partial charge in [0.15, 0.2) is 8.68 Å². The highest BCUT2D eigenvalue weighted by Crippen LogP contribution is 2.29. The molecule has 1 amide bonds. The number of hydrogen-bond donors (Lipinski definition) is 1. The first-order chi connectivity index (χ1) is 10.5. The summed E-state index contributed by atoms with van der Waals surface area (Å²) in [6.45, 7) is 4.31. The average Bonchev–Trinajstić information content (AvgIpc) is 2.91. The zero-order valence-electron chi connectivity index (χ0n) is 12.2. The Kier molecular flexibility index (Phi) is 6.66. The van der Waals surface area contributed by atoms with Crippen LogP contribution in [0.5, 0.6) is 0 Å². The van der Waals surface area contributed by atoms with Crippen LogP contribution in [0.25, 0.3) is 0 Å². The predicted octanol–water partition coefficient (Wildman–Crippen LogP) is 4.16. The van der Waals surface area contributed by atoms with E-state index in [4.69, 9.17) is 0 Å². The second-order valence-electron chi connectivity index (χ2n) is 4.89. The number of thioether (sulfide) groups is 2. The number of halogens is 1. The van der Waals surface area contributed by atoms with Gasteiger partial charge in [-0.1, -0.05) is 54.8 Å². The first-order valence-electron chi connectivity index (χ1n) is 6.67. The molecule has 0 spiro atoms. The number of aromatic nitrogens is 2. The molecule has 22 heavy (non-hydrogen) atoms. The van der Waals surface area contributed by atoms with Crippen LogP contribution in [-0.4, -0.2) is 27.6 Å². The van der Waals surface area contributed by atoms with E-state index in [1.807, 2.05) is 0 Å². The Morgan fingerprint density at radius 1 is 1.32 bits per heavy atom. The maximum atomic E-state index is 13.0. The SMILES string of the molecule is CC(C)CSc1nnc(SCC(=O)Nc2cccc(F)c2)s1. The van der Waals surface area contributed by atoms with E-state index in [1.54, 1.807) is 23.9 Å². The summed E-state index contributed by atoms with van der Waals surface area (Å²) < 4.78 is 14.7. The van der Waals surface area contributed by atoms with Gasteiger partial charge in [0.25, 0.3) is 0 Å². The van der Waals surface area contributed by atoms with Gasteiger partial charge < -0.3 is 5.32 Å². The van der Waals surface area contributed by atoms with Crippen LogP contribution >= 0.6 is 34.9 Å². The molecule has 8 heteroatoms. The Morgan fingerprint density at radius 3 is 2.73 bits per heavy atom. The standard InChI is InChI=1S/C14H16FN3OS3/c1-9(2)7-20-13-17-18-14(22-13)21-8-12(19)16-11-5-3-4-10(15)6-11/h3-6,9H,7-8H2,1-2H3,(H,16,19). The molecule has 0 aliphatic rings. The summed E-state index contributed by atoms with van der Waals surface area (Å²) >= 11 is 4.50. The molecule has 1 aromatic heterocycles. The number of benzene rings is 1. The van der Waals surface area contributed by atoms with E-state index in [0.717, 1.165) is 14.4 Å². The van der Waals surface area contributed by atoms with Gasteiger partial charge in [0, 0.05) is 11.4 Å². The van der Waals surface area contributed by atoms with Gasteiger partial charge in [-0.15, -0.1) is 10.2 Å². The smallest absolute Gasteiger partial charge is 0.234 e. The summed E-state index contributed by atoms with van der Waals surface area (Å²) in [5.41, 5.74) is 0.455. The largest absolute Gasteiger partial charge is 0.325 e. The number of hydrogen-bond acceptors (Lipinski definition) is 6. The van der Waals surface area contributed by atoms with Crippen molar-refractivity contribution in [3.05, 3.63) is 30.1 Å². The van der Waals surface area contributed by atoms with E-state index in [2.05, 4.69) is 29.4 Å². The minimum atomic E-state index is -0.374. The Labute approximate surface area is 141 Å². The summed E-state index contributed by atoms with van der Waals surface area (Å²) in [6.07, 6.45) is 0. The number of anilines is 1. The lowest BCUT2D eigenvalue weighted by atomic mass is 10.3. The van der Waals surface area contributed by atoms with Crippen molar-refractivity contribution in [3.8, 4) is 0 Å². The molecular formula is C14H16FN3OS3. The van der Waals surface area contributed by atoms with E-state index >= 15 is 0 Å². The van der Waals surface area contributed by atoms with Crippen LogP contribution in [0.1, 0.15) is 13.8 Å². The molecular weight excluding hydrogens is 341 g/mol. The zero-order valence-corrected chi connectivity index (χ0v) is 14.7. The molecule has 0 aliphatic carbocycles. The van der Waals surface area contributed by atoms with E-state index < -0.39 is 0 Å². The number of rotatable bonds is 7. The number of carbonyl (C=O) groups is 1. The Morgan fingerprint density at radius 2 is 2.05 bits per heavy atom. The molecule has 1 aromatic carbocycles. The van der Waals surface area contributed by atoms with Crippen LogP contribution < -0.4 is 5.32 Å². The van der Waals surface area contributed by atoms with Gasteiger partial charge >= 0.3 is 0 Å². The van der Waals surface area contributed by atoms with Crippen molar-refractivity contribution in [1.29, 1.82) is 0 Å². The molecule has 0 saturated carbocycles. The van der Waals surface area contributed by atoms with Gasteiger partial charge in [0.2, 0.25) is 5.91 Å². The van der Waals surface area contributed by atoms with Crippen molar-refractivity contribution < 1.29 is 9.18 Å². The molecule has 0 bridgehead atoms. The third-order valence-corrected chi connectivity index (χ3v) is 5.98. The third kappa shape index (κ3) is 5.94. The quantitative estimate of drug-likeness (QED) is 0.754. The molecule has 1 heterocycles. The fraction of sp³-hybridized carbons (Fsp3) is 0.357. The third-order valence-electron chi connectivity index (χ3n) is 2.36. The molecule has 2 rings (SSSR count). The van der Waals surface area contributed by atoms with E-state index in [9.17, 15) is 9.18 Å². The van der Waals surface area contributed by atoms with Gasteiger partial charge in [0.1, 0.15) is 5.82 Å². The Balaban J connectivity index is 1.79. The van der Waals surface area contributed by atoms with Crippen LogP contribution in [-0.2, 0) is 4.79 Å². The normalized spacial score (nSPS) is 10.9. The highest BCUT2D eigenvalue weighted by atomic mass is 32.2. The summed E-state index contributed by atoms with van der Waals surface area (Å²) in [4.78, 5) is 11.8. The van der Waals surface area contributed by atoms with Crippen LogP contribution in [0.3, 0.4) is 0 Å². The summed E-state index contributed by atoms with van der Waals surface area (Å²) in [6, 6.07) is 5.83. The van der Waals surface area contributed by atoms with Crippen LogP contribution in [0, 0.1) is 11.7 Å². The van der Waals surface area contributed by atoms with Gasteiger partial charge in [-0.25, -0.2) is 4.39 Å². The van der Waals surface area contributed by atoms with Gasteiger partial charge in [-0.2, -0.15) is 0 Å². The van der Waals surface area contributed by atoms with Crippen molar-refractivity contribution in [1.82, 2.24) is 10.2 Å². The van der Waals surface area contributed by atoms with Gasteiger partial charge in [-0.05, 0) is 24.1 Å². The number of nitrogens with zero attached hydrogens (tertiary/aromatic N) is 2. The highest BCUT2D eigenvalue weighted by Gasteiger charge is 2.09. The summed E-state index contributed by atoms with van der Waals surface area (Å²) in [5.74, 6) is 1.25. The highest BCUT2D eigenvalue weighted by molar-refractivity contribution is 8.03. The van der Waals surface area contributed by atoms with Crippen LogP contribution in [0.2, 0.25) is 0 Å². The molecule has 118 valence electrons. The van der Waals surface area contributed by atoms with Crippen LogP contribution in [0.4, 0.5) is 10.1 Å². The topological polar surface area (TPSA) is 54.9 Å². The first kappa shape index (κ1) is 17.2. The molecule has 1 N–H and O–H groups in total. The van der Waals surface area contributed by atoms with Crippen molar-refractivity contribution in [2.75, 3.05) is 16.8 Å². The van der Waals surface area contributed by atoms with Crippen molar-refractivity contribution in [2.45, 2.75) is 22.5 Å². The molecule has 4 nitrogen and oxygen atoms in total. The first-order valence-corrected chi connectivity index (χ1v) is 9.46. The second kappa shape index (κ2) is 8.50. The average molecular weight is 358 g/mol. The minimum Gasteiger partial charge on any atom is -0.325 e. The lowest BCUT2D eigenvalue weighted by molar-refractivity contribution is -0.113. The monoisotopic (exact) mass is 357 g/mol. The predicted molar refractivity (Wildman–Crippen MR) is 91.2 cm³/mol. The van der Waals surface area contributed by atoms with E-state index in [-0.39, 0.29) is 17.5 Å². The number of amides is 1. The minimum absolute atomic E-state index is 0.192. The summed E-state index contributed by atoms with van der Waals surface area (Å²) in [5, 5.41) is 10.8. The molecule has 0 saturated heterocycles. The molecule has 0 unspecified atom stereocenters. The molecule has 2 aromatic rings. The van der Waals surface area contributed by atoms with E-state index in [0.29, 0.717) is 11.6 Å². The lowest BCUT2D eigenvalue weighted by Crippen LogP contribution is -2.13. The maximum Gasteiger partial charge on any atom is 0.234 e.